The number of nitrogens with zero attached hydrogens (tertiary/aromatic N) is 6. The quantitative estimate of drug-likeness (QED) is 0.752. The van der Waals surface area contributed by atoms with E-state index >= 15 is 0 Å². The number of pyridine rings is 1. The van der Waals surface area contributed by atoms with Gasteiger partial charge in [-0.2, -0.15) is 13.2 Å². The summed E-state index contributed by atoms with van der Waals surface area (Å²) in [4.78, 5) is 11.7. The number of halogens is 3. The van der Waals surface area contributed by atoms with Crippen molar-refractivity contribution in [3.8, 4) is 11.4 Å². The summed E-state index contributed by atoms with van der Waals surface area (Å²) < 4.78 is 41.5. The van der Waals surface area contributed by atoms with E-state index in [0.717, 1.165) is 18.9 Å². The fraction of sp³-hybridized carbons (Fsp3) is 0.312. The molecule has 10 heteroatoms. The first-order valence-electron chi connectivity index (χ1n) is 7.99. The maximum absolute atomic E-state index is 13.2. The molecule has 1 saturated carbocycles. The van der Waals surface area contributed by atoms with E-state index < -0.39 is 11.9 Å². The normalized spacial score (nSPS) is 14.4. The van der Waals surface area contributed by atoms with Crippen LogP contribution in [0.15, 0.2) is 36.9 Å². The van der Waals surface area contributed by atoms with Crippen LogP contribution in [-0.4, -0.2) is 29.7 Å². The molecule has 0 aliphatic heterocycles. The molecule has 0 spiro atoms. The number of aromatic nitrogens is 6. The van der Waals surface area contributed by atoms with Gasteiger partial charge in [0, 0.05) is 30.1 Å². The lowest BCUT2D eigenvalue weighted by Gasteiger charge is -2.12. The van der Waals surface area contributed by atoms with Gasteiger partial charge in [-0.1, -0.05) is 0 Å². The molecule has 1 aliphatic carbocycles. The molecule has 7 nitrogen and oxygen atoms in total. The second kappa shape index (κ2) is 6.36. The molecule has 0 aromatic carbocycles. The van der Waals surface area contributed by atoms with Gasteiger partial charge in [-0.25, -0.2) is 9.97 Å². The molecule has 26 heavy (non-hydrogen) atoms. The van der Waals surface area contributed by atoms with Crippen molar-refractivity contribution in [2.24, 2.45) is 0 Å². The minimum Gasteiger partial charge on any atom is -0.363 e. The summed E-state index contributed by atoms with van der Waals surface area (Å²) in [5.74, 6) is 0.711. The predicted molar refractivity (Wildman–Crippen MR) is 85.9 cm³/mol. The van der Waals surface area contributed by atoms with Crippen LogP contribution < -0.4 is 5.32 Å². The van der Waals surface area contributed by atoms with Gasteiger partial charge >= 0.3 is 6.18 Å². The minimum atomic E-state index is -4.57. The zero-order valence-electron chi connectivity index (χ0n) is 13.5. The Hall–Kier alpha value is -3.04. The molecule has 0 saturated heterocycles. The lowest BCUT2D eigenvalue weighted by molar-refractivity contribution is -0.141. The van der Waals surface area contributed by atoms with Gasteiger partial charge in [-0.05, 0) is 25.0 Å². The SMILES string of the molecule is FC(F)(F)c1cc(NCc2nncn2C2CC2)nc(-c2ccncc2)n1. The first kappa shape index (κ1) is 16.4. The van der Waals surface area contributed by atoms with E-state index in [2.05, 4.69) is 30.5 Å². The summed E-state index contributed by atoms with van der Waals surface area (Å²) in [5, 5.41) is 10.8. The largest absolute Gasteiger partial charge is 0.433 e. The summed E-state index contributed by atoms with van der Waals surface area (Å²) in [7, 11) is 0. The third-order valence-electron chi connectivity index (χ3n) is 3.97. The Morgan fingerprint density at radius 3 is 2.62 bits per heavy atom. The summed E-state index contributed by atoms with van der Waals surface area (Å²) in [6.45, 7) is 0.223. The molecule has 1 fully saturated rings. The molecule has 0 bridgehead atoms. The van der Waals surface area contributed by atoms with Crippen molar-refractivity contribution in [1.29, 1.82) is 0 Å². The number of hydrogen-bond acceptors (Lipinski definition) is 6. The fourth-order valence-corrected chi connectivity index (χ4v) is 2.53. The van der Waals surface area contributed by atoms with Gasteiger partial charge in [-0.3, -0.25) is 4.98 Å². The van der Waals surface area contributed by atoms with Crippen LogP contribution in [0.5, 0.6) is 0 Å². The third kappa shape index (κ3) is 3.48. The van der Waals surface area contributed by atoms with E-state index in [4.69, 9.17) is 0 Å². The van der Waals surface area contributed by atoms with E-state index in [9.17, 15) is 13.2 Å². The zero-order valence-corrected chi connectivity index (χ0v) is 13.5. The summed E-state index contributed by atoms with van der Waals surface area (Å²) in [5.41, 5.74) is -0.555. The van der Waals surface area contributed by atoms with Gasteiger partial charge in [-0.15, -0.1) is 10.2 Å². The van der Waals surface area contributed by atoms with Gasteiger partial charge in [0.05, 0.1) is 6.54 Å². The second-order valence-corrected chi connectivity index (χ2v) is 5.93. The number of nitrogens with one attached hydrogen (secondary N) is 1. The van der Waals surface area contributed by atoms with Crippen LogP contribution in [0.4, 0.5) is 19.0 Å². The molecule has 0 atom stereocenters. The van der Waals surface area contributed by atoms with Crippen molar-refractivity contribution in [1.82, 2.24) is 29.7 Å². The molecule has 3 heterocycles. The highest BCUT2D eigenvalue weighted by Gasteiger charge is 2.34. The highest BCUT2D eigenvalue weighted by atomic mass is 19.4. The van der Waals surface area contributed by atoms with Crippen molar-refractivity contribution in [3.05, 3.63) is 48.4 Å². The fourth-order valence-electron chi connectivity index (χ4n) is 2.53. The van der Waals surface area contributed by atoms with Crippen LogP contribution in [0.25, 0.3) is 11.4 Å². The van der Waals surface area contributed by atoms with Gasteiger partial charge in [0.25, 0.3) is 0 Å². The molecular weight excluding hydrogens is 347 g/mol. The van der Waals surface area contributed by atoms with E-state index in [1.807, 2.05) is 4.57 Å². The smallest absolute Gasteiger partial charge is 0.363 e. The van der Waals surface area contributed by atoms with Gasteiger partial charge in [0.1, 0.15) is 12.1 Å². The Morgan fingerprint density at radius 2 is 1.92 bits per heavy atom. The van der Waals surface area contributed by atoms with Crippen molar-refractivity contribution < 1.29 is 13.2 Å². The van der Waals surface area contributed by atoms with Crippen molar-refractivity contribution in [2.75, 3.05) is 5.32 Å². The Kier molecular flexibility index (Phi) is 4.02. The van der Waals surface area contributed by atoms with E-state index in [0.29, 0.717) is 17.4 Å². The van der Waals surface area contributed by atoms with Crippen LogP contribution in [0, 0.1) is 0 Å². The Morgan fingerprint density at radius 1 is 1.15 bits per heavy atom. The summed E-state index contributed by atoms with van der Waals surface area (Å²) in [6.07, 6.45) is 2.13. The molecule has 0 unspecified atom stereocenters. The average molecular weight is 361 g/mol. The van der Waals surface area contributed by atoms with Gasteiger partial charge in [0.2, 0.25) is 0 Å². The molecule has 4 rings (SSSR count). The number of rotatable bonds is 5. The average Bonchev–Trinajstić information content (AvgIpc) is 3.38. The van der Waals surface area contributed by atoms with Crippen LogP contribution in [0.1, 0.15) is 30.4 Å². The Balaban J connectivity index is 1.63. The molecule has 1 N–H and O–H groups in total. The maximum Gasteiger partial charge on any atom is 0.433 e. The van der Waals surface area contributed by atoms with Crippen molar-refractivity contribution in [3.63, 3.8) is 0 Å². The standard InChI is InChI=1S/C16H14F3N7/c17-16(18,19)12-7-13(24-15(23-12)10-3-5-20-6-4-10)21-8-14-25-22-9-26(14)11-1-2-11/h3-7,9,11H,1-2,8H2,(H,21,23,24). The molecule has 0 amide bonds. The van der Waals surface area contributed by atoms with Gasteiger partial charge in [0.15, 0.2) is 17.3 Å². The first-order chi connectivity index (χ1) is 12.5. The van der Waals surface area contributed by atoms with Crippen molar-refractivity contribution in [2.45, 2.75) is 31.6 Å². The molecule has 0 radical (unpaired) electrons. The number of hydrogen-bond donors (Lipinski definition) is 1. The summed E-state index contributed by atoms with van der Waals surface area (Å²) in [6, 6.07) is 4.39. The molecule has 1 aliphatic rings. The van der Waals surface area contributed by atoms with Crippen LogP contribution in [-0.2, 0) is 12.7 Å². The van der Waals surface area contributed by atoms with E-state index in [-0.39, 0.29) is 18.2 Å². The number of anilines is 1. The molecule has 3 aromatic heterocycles. The van der Waals surface area contributed by atoms with E-state index in [1.165, 1.54) is 12.4 Å². The Labute approximate surface area is 146 Å². The lowest BCUT2D eigenvalue weighted by atomic mass is 10.2. The maximum atomic E-state index is 13.2. The van der Waals surface area contributed by atoms with Gasteiger partial charge < -0.3 is 9.88 Å². The summed E-state index contributed by atoms with van der Waals surface area (Å²) >= 11 is 0. The molecular formula is C16H14F3N7. The molecule has 3 aromatic rings. The van der Waals surface area contributed by atoms with Crippen LogP contribution >= 0.6 is 0 Å². The number of alkyl halides is 3. The highest BCUT2D eigenvalue weighted by molar-refractivity contribution is 5.57. The second-order valence-electron chi connectivity index (χ2n) is 5.93. The minimum absolute atomic E-state index is 0.0200. The van der Waals surface area contributed by atoms with E-state index in [1.54, 1.807) is 18.5 Å². The Bertz CT molecular complexity index is 904. The monoisotopic (exact) mass is 361 g/mol. The topological polar surface area (TPSA) is 81.4 Å². The predicted octanol–water partition coefficient (Wildman–Crippen LogP) is 3.10. The highest BCUT2D eigenvalue weighted by Crippen LogP contribution is 2.35. The lowest BCUT2D eigenvalue weighted by Crippen LogP contribution is -2.13. The zero-order chi connectivity index (χ0) is 18.1. The van der Waals surface area contributed by atoms with Crippen LogP contribution in [0.3, 0.4) is 0 Å². The van der Waals surface area contributed by atoms with Crippen LogP contribution in [0.2, 0.25) is 0 Å². The molecule has 134 valence electrons. The first-order valence-corrected chi connectivity index (χ1v) is 7.99. The third-order valence-corrected chi connectivity index (χ3v) is 3.97. The van der Waals surface area contributed by atoms with Crippen molar-refractivity contribution >= 4 is 5.82 Å².